The molecule has 1 N–H and O–H groups in total. The Balaban J connectivity index is 2.81. The number of nitrogens with one attached hydrogen (secondary N) is 1. The van der Waals surface area contributed by atoms with E-state index < -0.39 is 18.2 Å². The number of urea groups is 1. The van der Waals surface area contributed by atoms with Crippen molar-refractivity contribution in [1.29, 1.82) is 0 Å². The van der Waals surface area contributed by atoms with E-state index in [1.54, 1.807) is 6.92 Å². The highest BCUT2D eigenvalue weighted by atomic mass is 19.4. The lowest BCUT2D eigenvalue weighted by Gasteiger charge is -2.43. The fraction of sp³-hybridized carbons (Fsp3) is 0.889. The van der Waals surface area contributed by atoms with Crippen molar-refractivity contribution >= 4 is 6.03 Å². The van der Waals surface area contributed by atoms with Crippen molar-refractivity contribution in [2.45, 2.75) is 25.2 Å². The van der Waals surface area contributed by atoms with Gasteiger partial charge in [0.25, 0.3) is 0 Å². The Kier molecular flexibility index (Phi) is 3.67. The molecule has 1 fully saturated rings. The van der Waals surface area contributed by atoms with Crippen LogP contribution < -0.4 is 5.32 Å². The molecular formula is C9H16F3N3O. The van der Waals surface area contributed by atoms with Crippen molar-refractivity contribution in [1.82, 2.24) is 15.1 Å². The average Bonchev–Trinajstić information content (AvgIpc) is 2.18. The number of amides is 2. The highest BCUT2D eigenvalue weighted by Gasteiger charge is 2.47. The third-order valence-corrected chi connectivity index (χ3v) is 2.94. The van der Waals surface area contributed by atoms with Crippen LogP contribution in [0, 0.1) is 0 Å². The van der Waals surface area contributed by atoms with Crippen molar-refractivity contribution < 1.29 is 18.0 Å². The molecule has 7 heteroatoms. The average molecular weight is 239 g/mol. The maximum Gasteiger partial charge on any atom is 0.405 e. The van der Waals surface area contributed by atoms with Gasteiger partial charge >= 0.3 is 12.2 Å². The molecule has 1 aliphatic heterocycles. The number of hydrogen-bond donors (Lipinski definition) is 1. The van der Waals surface area contributed by atoms with Gasteiger partial charge in [-0.2, -0.15) is 13.2 Å². The highest BCUT2D eigenvalue weighted by Crippen LogP contribution is 2.28. The van der Waals surface area contributed by atoms with Gasteiger partial charge < -0.3 is 10.2 Å². The Morgan fingerprint density at radius 2 is 1.94 bits per heavy atom. The maximum absolute atomic E-state index is 12.7. The van der Waals surface area contributed by atoms with Crippen LogP contribution in [-0.4, -0.2) is 61.3 Å². The van der Waals surface area contributed by atoms with Crippen molar-refractivity contribution in [2.75, 3.05) is 27.2 Å². The van der Waals surface area contributed by atoms with Gasteiger partial charge in [-0.05, 0) is 14.0 Å². The smallest absolute Gasteiger partial charge is 0.341 e. The SMILES string of the molecule is CNC(=O)N1CC(C)N(C)C(C(F)(F)F)C1. The first-order valence-electron chi connectivity index (χ1n) is 5.02. The number of rotatable bonds is 0. The lowest BCUT2D eigenvalue weighted by Crippen LogP contribution is -2.63. The molecule has 16 heavy (non-hydrogen) atoms. The summed E-state index contributed by atoms with van der Waals surface area (Å²) in [5, 5.41) is 2.34. The van der Waals surface area contributed by atoms with E-state index in [0.29, 0.717) is 6.54 Å². The van der Waals surface area contributed by atoms with Gasteiger partial charge in [0, 0.05) is 26.2 Å². The number of hydrogen-bond acceptors (Lipinski definition) is 2. The molecule has 0 radical (unpaired) electrons. The molecule has 2 amide bonds. The summed E-state index contributed by atoms with van der Waals surface area (Å²) in [7, 11) is 2.85. The van der Waals surface area contributed by atoms with Crippen molar-refractivity contribution in [2.24, 2.45) is 0 Å². The molecular weight excluding hydrogens is 223 g/mol. The highest BCUT2D eigenvalue weighted by molar-refractivity contribution is 5.74. The zero-order valence-corrected chi connectivity index (χ0v) is 9.51. The van der Waals surface area contributed by atoms with Gasteiger partial charge in [-0.25, -0.2) is 4.79 Å². The van der Waals surface area contributed by atoms with Crippen molar-refractivity contribution in [3.05, 3.63) is 0 Å². The Bertz CT molecular complexity index is 269. The number of alkyl halides is 3. The minimum atomic E-state index is -4.31. The zero-order chi connectivity index (χ0) is 12.5. The van der Waals surface area contributed by atoms with Gasteiger partial charge in [-0.1, -0.05) is 0 Å². The summed E-state index contributed by atoms with van der Waals surface area (Å²) in [5.74, 6) is 0. The topological polar surface area (TPSA) is 35.6 Å². The molecule has 0 aliphatic carbocycles. The monoisotopic (exact) mass is 239 g/mol. The third kappa shape index (κ3) is 2.58. The van der Waals surface area contributed by atoms with Crippen LogP contribution in [0.1, 0.15) is 6.92 Å². The fourth-order valence-electron chi connectivity index (χ4n) is 1.83. The molecule has 0 spiro atoms. The first-order valence-corrected chi connectivity index (χ1v) is 5.02. The predicted molar refractivity (Wildman–Crippen MR) is 53.1 cm³/mol. The normalized spacial score (nSPS) is 28.0. The lowest BCUT2D eigenvalue weighted by atomic mass is 10.1. The van der Waals surface area contributed by atoms with Gasteiger partial charge in [0.1, 0.15) is 6.04 Å². The van der Waals surface area contributed by atoms with E-state index in [0.717, 1.165) is 0 Å². The minimum absolute atomic E-state index is 0.308. The molecule has 1 rings (SSSR count). The van der Waals surface area contributed by atoms with Crippen LogP contribution in [0.25, 0.3) is 0 Å². The van der Waals surface area contributed by atoms with Crippen molar-refractivity contribution in [3.63, 3.8) is 0 Å². The van der Waals surface area contributed by atoms with E-state index in [4.69, 9.17) is 0 Å². The molecule has 0 aromatic heterocycles. The van der Waals surface area contributed by atoms with Crippen LogP contribution in [0.3, 0.4) is 0 Å². The quantitative estimate of drug-likeness (QED) is 0.681. The number of halogens is 3. The Labute approximate surface area is 92.4 Å². The van der Waals surface area contributed by atoms with Crippen LogP contribution >= 0.6 is 0 Å². The predicted octanol–water partition coefficient (Wildman–Crippen LogP) is 0.893. The van der Waals surface area contributed by atoms with E-state index in [1.165, 1.54) is 23.9 Å². The van der Waals surface area contributed by atoms with E-state index in [2.05, 4.69) is 5.32 Å². The third-order valence-electron chi connectivity index (χ3n) is 2.94. The molecule has 0 aromatic carbocycles. The first kappa shape index (κ1) is 13.1. The Hall–Kier alpha value is -0.980. The number of piperazine rings is 1. The summed E-state index contributed by atoms with van der Waals surface area (Å²) in [6, 6.07) is -2.36. The summed E-state index contributed by atoms with van der Waals surface area (Å²) >= 11 is 0. The molecule has 1 aliphatic rings. The Morgan fingerprint density at radius 1 is 1.38 bits per heavy atom. The van der Waals surface area contributed by atoms with Gasteiger partial charge in [-0.3, -0.25) is 4.90 Å². The van der Waals surface area contributed by atoms with Crippen molar-refractivity contribution in [3.8, 4) is 0 Å². The first-order chi connectivity index (χ1) is 7.27. The van der Waals surface area contributed by atoms with Gasteiger partial charge in [0.05, 0.1) is 0 Å². The molecule has 0 aromatic rings. The zero-order valence-electron chi connectivity index (χ0n) is 9.51. The molecule has 94 valence electrons. The molecule has 2 unspecified atom stereocenters. The lowest BCUT2D eigenvalue weighted by molar-refractivity contribution is -0.196. The summed E-state index contributed by atoms with van der Waals surface area (Å²) in [6.45, 7) is 1.67. The van der Waals surface area contributed by atoms with E-state index >= 15 is 0 Å². The second-order valence-electron chi connectivity index (χ2n) is 4.03. The molecule has 1 saturated heterocycles. The second-order valence-corrected chi connectivity index (χ2v) is 4.03. The summed E-state index contributed by atoms with van der Waals surface area (Å²) in [4.78, 5) is 13.8. The van der Waals surface area contributed by atoms with E-state index in [1.807, 2.05) is 0 Å². The minimum Gasteiger partial charge on any atom is -0.341 e. The standard InChI is InChI=1S/C9H16F3N3O/c1-6-4-15(8(16)13-2)5-7(14(6)3)9(10,11)12/h6-7H,4-5H2,1-3H3,(H,13,16). The maximum atomic E-state index is 12.7. The van der Waals surface area contributed by atoms with Crippen LogP contribution in [0.15, 0.2) is 0 Å². The number of likely N-dealkylation sites (N-methyl/N-ethyl adjacent to an activating group) is 1. The molecule has 4 nitrogen and oxygen atoms in total. The number of carbonyl (C=O) groups excluding carboxylic acids is 1. The van der Waals surface area contributed by atoms with Crippen LogP contribution in [-0.2, 0) is 0 Å². The van der Waals surface area contributed by atoms with Gasteiger partial charge in [0.15, 0.2) is 0 Å². The van der Waals surface area contributed by atoms with E-state index in [-0.39, 0.29) is 12.6 Å². The Morgan fingerprint density at radius 3 is 2.38 bits per heavy atom. The van der Waals surface area contributed by atoms with Gasteiger partial charge in [0.2, 0.25) is 0 Å². The fourth-order valence-corrected chi connectivity index (χ4v) is 1.83. The molecule has 1 heterocycles. The molecule has 0 bridgehead atoms. The van der Waals surface area contributed by atoms with Crippen LogP contribution in [0.5, 0.6) is 0 Å². The molecule has 0 saturated carbocycles. The largest absolute Gasteiger partial charge is 0.405 e. The van der Waals surface area contributed by atoms with E-state index in [9.17, 15) is 18.0 Å². The van der Waals surface area contributed by atoms with Gasteiger partial charge in [-0.15, -0.1) is 0 Å². The number of carbonyl (C=O) groups is 1. The van der Waals surface area contributed by atoms with Crippen LogP contribution in [0.2, 0.25) is 0 Å². The second kappa shape index (κ2) is 4.48. The summed E-state index contributed by atoms with van der Waals surface area (Å²) in [6.07, 6.45) is -4.31. The van der Waals surface area contributed by atoms with Crippen LogP contribution in [0.4, 0.5) is 18.0 Å². The number of nitrogens with zero attached hydrogens (tertiary/aromatic N) is 2. The summed E-state index contributed by atoms with van der Waals surface area (Å²) < 4.78 is 38.1. The molecule has 2 atom stereocenters. The summed E-state index contributed by atoms with van der Waals surface area (Å²) in [5.41, 5.74) is 0.